The number of nitrogens with one attached hydrogen (secondary N) is 3. The van der Waals surface area contributed by atoms with Crippen LogP contribution in [0, 0.1) is 49.2 Å². The molecule has 0 heterocycles. The first-order valence-corrected chi connectivity index (χ1v) is 26.1. The van der Waals surface area contributed by atoms with Crippen molar-refractivity contribution >= 4 is 22.0 Å². The maximum atomic E-state index is 11.2. The van der Waals surface area contributed by atoms with Gasteiger partial charge in [-0.15, -0.1) is 0 Å². The van der Waals surface area contributed by atoms with Gasteiger partial charge in [0.05, 0.1) is 38.8 Å². The summed E-state index contributed by atoms with van der Waals surface area (Å²) >= 11 is 0. The van der Waals surface area contributed by atoms with Crippen LogP contribution in [0.5, 0.6) is 0 Å². The molecule has 0 rings (SSSR count). The Bertz CT molecular complexity index is 1320. The molecule has 0 aromatic heterocycles. The summed E-state index contributed by atoms with van der Waals surface area (Å²) in [5.74, 6) is 0.0462. The smallest absolute Gasteiger partial charge is 0.407 e. The molecular weight excluding hydrogens is 907 g/mol. The summed E-state index contributed by atoms with van der Waals surface area (Å²) in [5, 5.41) is 13.6. The molecule has 3 N–H and O–H groups in total. The van der Waals surface area contributed by atoms with Crippen LogP contribution in [0.1, 0.15) is 201 Å². The Morgan fingerprint density at radius 3 is 1.00 bits per heavy atom. The normalized spacial score (nSPS) is 11.8. The molecule has 0 aliphatic rings. The van der Waals surface area contributed by atoms with Gasteiger partial charge in [0, 0.05) is 66.0 Å². The average Bonchev–Trinajstić information content (AvgIpc) is 3.06. The van der Waals surface area contributed by atoms with E-state index in [1.165, 1.54) is 13.2 Å². The molecule has 2 amide bonds. The van der Waals surface area contributed by atoms with Crippen molar-refractivity contribution < 1.29 is 41.7 Å². The molecule has 0 atom stereocenters. The molecule has 14 nitrogen and oxygen atoms in total. The lowest BCUT2D eigenvalue weighted by Crippen LogP contribution is -2.37. The second-order valence-corrected chi connectivity index (χ2v) is 28.4. The second kappa shape index (κ2) is 43.4. The van der Waals surface area contributed by atoms with Crippen LogP contribution in [-0.2, 0) is 38.5 Å². The van der Waals surface area contributed by atoms with Crippen molar-refractivity contribution in [1.29, 1.82) is 5.26 Å². The van der Waals surface area contributed by atoms with Crippen LogP contribution in [0.4, 0.5) is 4.79 Å². The highest BCUT2D eigenvalue weighted by Gasteiger charge is 2.18. The Balaban J connectivity index is -0.0000000890. The first kappa shape index (κ1) is 87.6. The summed E-state index contributed by atoms with van der Waals surface area (Å²) in [6.45, 7) is 58.7. The first-order chi connectivity index (χ1) is 29.8. The zero-order valence-electron chi connectivity index (χ0n) is 50.5. The Kier molecular flexibility index (Phi) is 54.3. The van der Waals surface area contributed by atoms with E-state index in [2.05, 4.69) is 144 Å². The van der Waals surface area contributed by atoms with Gasteiger partial charge < -0.3 is 39.2 Å². The van der Waals surface area contributed by atoms with Crippen molar-refractivity contribution in [2.45, 2.75) is 206 Å². The molecule has 0 aromatic rings. The zero-order chi connectivity index (χ0) is 56.1. The molecule has 0 spiro atoms. The predicted octanol–water partition coefficient (Wildman–Crippen LogP) is 12.9. The number of amides is 2. The third-order valence-corrected chi connectivity index (χ3v) is 7.55. The van der Waals surface area contributed by atoms with Gasteiger partial charge in [0.1, 0.15) is 5.60 Å². The van der Waals surface area contributed by atoms with Crippen molar-refractivity contribution in [1.82, 2.24) is 20.3 Å². The Morgan fingerprint density at radius 1 is 0.529 bits per heavy atom. The van der Waals surface area contributed by atoms with Crippen LogP contribution in [0.2, 0.25) is 0 Å². The van der Waals surface area contributed by atoms with E-state index < -0.39 is 15.6 Å². The molecule has 0 saturated heterocycles. The molecule has 0 aromatic carbocycles. The zero-order valence-corrected chi connectivity index (χ0v) is 51.3. The maximum Gasteiger partial charge on any atom is 0.407 e. The number of rotatable bonds is 15. The second-order valence-electron chi connectivity index (χ2n) is 26.5. The van der Waals surface area contributed by atoms with Crippen LogP contribution in [0.25, 0.3) is 0 Å². The number of alkyl carbamates (subject to hydrolysis) is 1. The van der Waals surface area contributed by atoms with Gasteiger partial charge in [-0.25, -0.2) is 17.9 Å². The largest absolute Gasteiger partial charge is 0.444 e. The van der Waals surface area contributed by atoms with Crippen LogP contribution >= 0.6 is 0 Å². The van der Waals surface area contributed by atoms with E-state index in [0.717, 1.165) is 39.1 Å². The summed E-state index contributed by atoms with van der Waals surface area (Å²) in [7, 11) is 4.57. The highest BCUT2D eigenvalue weighted by molar-refractivity contribution is 7.88. The molecule has 0 radical (unpaired) electrons. The molecule has 0 saturated carbocycles. The fraction of sp³-hybridized carbons (Fsp3) is 0.945. The molecule has 0 unspecified atom stereocenters. The van der Waals surface area contributed by atoms with Crippen LogP contribution in [0.15, 0.2) is 0 Å². The number of nitriles is 1. The van der Waals surface area contributed by atoms with Crippen molar-refractivity contribution in [3.05, 3.63) is 0 Å². The lowest BCUT2D eigenvalue weighted by atomic mass is 9.93. The fourth-order valence-electron chi connectivity index (χ4n) is 3.58. The summed E-state index contributed by atoms with van der Waals surface area (Å²) < 4.78 is 49.0. The van der Waals surface area contributed by atoms with Gasteiger partial charge in [0.25, 0.3) is 0 Å². The van der Waals surface area contributed by atoms with Gasteiger partial charge in [-0.2, -0.15) is 5.26 Å². The first-order valence-electron chi connectivity index (χ1n) is 24.2. The minimum absolute atomic E-state index is 0. The molecule has 430 valence electrons. The summed E-state index contributed by atoms with van der Waals surface area (Å²) in [5.41, 5.74) is 0.956. The van der Waals surface area contributed by atoms with Gasteiger partial charge in [-0.05, 0) is 101 Å². The molecule has 70 heavy (non-hydrogen) atoms. The maximum absolute atomic E-state index is 11.2. The quantitative estimate of drug-likeness (QED) is 0.133. The molecule has 0 aliphatic heterocycles. The summed E-state index contributed by atoms with van der Waals surface area (Å²) in [4.78, 5) is 23.8. The lowest BCUT2D eigenvalue weighted by molar-refractivity contribution is -0.119. The Hall–Kier alpha value is -2.06. The number of carbonyl (C=O) groups is 2. The number of methoxy groups -OCH3 is 2. The minimum atomic E-state index is -3.01. The van der Waals surface area contributed by atoms with E-state index in [-0.39, 0.29) is 48.5 Å². The number of hydrogen-bond donors (Lipinski definition) is 3. The third kappa shape index (κ3) is 132. The standard InChI is InChI=1S/C10H21NO2.2C9H20O2.C7H15NO.C7H17N.C6H15NO2S.C5H9N.2CH4/c1-9(2,3)7-11-8(12)13-10(4,5)6;2*1-9(2,3)5-6-11-8-7-10-4;1-6(9)8-5-7(2,3)4;1-7(2,3)6-8(4)5;1-6(2,3)5-7-10(4,8)9;1-5(2,3)4-6;;/h7H2,1-6H3,(H,11,12);2*5-8H2,1-4H3;5H2,1-4H3,(H,8,9);6H2,1-5H3;7H,5H2,1-4H3;1-3H3;2*1H4. The topological polar surface area (TPSA) is 178 Å². The van der Waals surface area contributed by atoms with Crippen molar-refractivity contribution in [2.75, 3.05) is 100 Å². The average molecular weight is 1030 g/mol. The van der Waals surface area contributed by atoms with Gasteiger partial charge in [-0.1, -0.05) is 139 Å². The van der Waals surface area contributed by atoms with Gasteiger partial charge in [0.2, 0.25) is 15.9 Å². The highest BCUT2D eigenvalue weighted by atomic mass is 32.2. The van der Waals surface area contributed by atoms with Gasteiger partial charge >= 0.3 is 6.09 Å². The number of nitrogens with zero attached hydrogens (tertiary/aromatic N) is 2. The number of sulfonamides is 1. The molecular formula is C55H125N5O9S. The monoisotopic (exact) mass is 1030 g/mol. The summed E-state index contributed by atoms with van der Waals surface area (Å²) in [6.07, 6.45) is 3.04. The van der Waals surface area contributed by atoms with Crippen molar-refractivity contribution in [2.24, 2.45) is 37.9 Å². The summed E-state index contributed by atoms with van der Waals surface area (Å²) in [6, 6.07) is 2.10. The van der Waals surface area contributed by atoms with E-state index in [9.17, 15) is 18.0 Å². The fourth-order valence-corrected chi connectivity index (χ4v) is 4.28. The van der Waals surface area contributed by atoms with E-state index in [1.54, 1.807) is 14.2 Å². The van der Waals surface area contributed by atoms with Crippen LogP contribution < -0.4 is 15.4 Å². The third-order valence-electron chi connectivity index (χ3n) is 6.88. The number of carbonyl (C=O) groups excluding carboxylic acids is 2. The molecule has 15 heteroatoms. The molecule has 0 aliphatic carbocycles. The van der Waals surface area contributed by atoms with E-state index in [0.29, 0.717) is 55.8 Å². The van der Waals surface area contributed by atoms with Gasteiger partial charge in [0.15, 0.2) is 0 Å². The lowest BCUT2D eigenvalue weighted by Gasteiger charge is -2.23. The van der Waals surface area contributed by atoms with Crippen molar-refractivity contribution in [3.63, 3.8) is 0 Å². The van der Waals surface area contributed by atoms with E-state index in [4.69, 9.17) is 28.9 Å². The van der Waals surface area contributed by atoms with E-state index in [1.807, 2.05) is 62.3 Å². The van der Waals surface area contributed by atoms with Crippen LogP contribution in [0.3, 0.4) is 0 Å². The Labute approximate surface area is 438 Å². The van der Waals surface area contributed by atoms with Crippen molar-refractivity contribution in [3.8, 4) is 6.07 Å². The molecule has 0 bridgehead atoms. The minimum Gasteiger partial charge on any atom is -0.444 e. The van der Waals surface area contributed by atoms with E-state index >= 15 is 0 Å². The SMILES string of the molecule is C.C.CC(=O)NCC(C)(C)C.CC(C)(C)C#N.CC(C)(C)CNC(=O)OC(C)(C)C.CC(C)(C)CNS(C)(=O)=O.CN(C)CC(C)(C)C.COCCOCCC(C)(C)C.COCCOCCC(C)(C)C. The highest BCUT2D eigenvalue weighted by Crippen LogP contribution is 2.19. The predicted molar refractivity (Wildman–Crippen MR) is 304 cm³/mol. The van der Waals surface area contributed by atoms with Crippen LogP contribution in [-0.4, -0.2) is 131 Å². The Morgan fingerprint density at radius 2 is 0.843 bits per heavy atom. The number of hydrogen-bond acceptors (Lipinski definition) is 11. The number of ether oxygens (including phenoxy) is 5. The van der Waals surface area contributed by atoms with Gasteiger partial charge in [-0.3, -0.25) is 4.79 Å². The molecule has 0 fully saturated rings.